The molecule has 548 valence electrons. The van der Waals surface area contributed by atoms with Gasteiger partial charge in [0.25, 0.3) is 11.8 Å². The van der Waals surface area contributed by atoms with Crippen molar-refractivity contribution in [2.24, 2.45) is 11.8 Å². The number of amides is 2. The number of hydrogen-bond donors (Lipinski definition) is 3. The number of carbonyl (C=O) groups is 2. The first kappa shape index (κ1) is 80.1. The zero-order valence-electron chi connectivity index (χ0n) is 56.5. The maximum Gasteiger partial charge on any atom is 0.416 e. The summed E-state index contributed by atoms with van der Waals surface area (Å²) in [5, 5.41) is 17.8. The molecule has 4 aliphatic rings. The van der Waals surface area contributed by atoms with Gasteiger partial charge in [0.05, 0.1) is 119 Å². The van der Waals surface area contributed by atoms with Crippen LogP contribution in [0.2, 0.25) is 0 Å². The molecule has 10 rings (SSSR count). The average molecular weight is 1590 g/mol. The molecule has 0 bridgehead atoms. The highest BCUT2D eigenvalue weighted by molar-refractivity contribution is 9.09. The van der Waals surface area contributed by atoms with E-state index in [0.717, 1.165) is 177 Å². The van der Waals surface area contributed by atoms with E-state index in [1.807, 2.05) is 10.6 Å². The molecule has 99 heavy (non-hydrogen) atoms. The highest BCUT2D eigenvalue weighted by Crippen LogP contribution is 2.40. The molecule has 18 nitrogen and oxygen atoms in total. The lowest BCUT2D eigenvalue weighted by atomic mass is 9.86. The number of rotatable bonds is 34. The normalized spacial score (nSPS) is 18.8. The van der Waals surface area contributed by atoms with Gasteiger partial charge in [0.1, 0.15) is 0 Å². The Morgan fingerprint density at radius 2 is 0.808 bits per heavy atom. The van der Waals surface area contributed by atoms with Crippen LogP contribution in [0.25, 0.3) is 22.1 Å². The van der Waals surface area contributed by atoms with E-state index in [2.05, 4.69) is 103 Å². The van der Waals surface area contributed by atoms with Gasteiger partial charge in [-0.25, -0.2) is 9.97 Å². The molecule has 0 atom stereocenters. The molecule has 2 saturated heterocycles. The predicted octanol–water partition coefficient (Wildman–Crippen LogP) is 15.3. The molecule has 2 aromatic heterocycles. The van der Waals surface area contributed by atoms with Gasteiger partial charge in [-0.05, 0) is 187 Å². The highest BCUT2D eigenvalue weighted by Gasteiger charge is 2.34. The number of piperidine rings is 2. The topological polar surface area (TPSA) is 185 Å². The van der Waals surface area contributed by atoms with Crippen molar-refractivity contribution >= 4 is 93.6 Å². The molecule has 2 aliphatic heterocycles. The van der Waals surface area contributed by atoms with E-state index in [4.69, 9.17) is 43.1 Å². The highest BCUT2D eigenvalue weighted by atomic mass is 79.9. The van der Waals surface area contributed by atoms with Crippen LogP contribution in [-0.2, 0) is 58.6 Å². The largest absolute Gasteiger partial charge is 0.416 e. The number of halogens is 9. The maximum absolute atomic E-state index is 13.4. The summed E-state index contributed by atoms with van der Waals surface area (Å²) in [6, 6.07) is 21.6. The SMILES string of the molecule is BrCCOCCOCCOCCBr.O=C(Nc1nc2cc(CN3CCCCC3)ccc2n1C1CCC(CO)CC1)c1cccc(C(F)(F)F)c1.O=C(Nc1nc2cc(CN3CCCCC3)ccc2n1C1CCC(COCCOCCOCCOCCBr)CC1)c1cccc(C(F)(F)F)c1. The number of likely N-dealkylation sites (tertiary alicyclic amines) is 2. The summed E-state index contributed by atoms with van der Waals surface area (Å²) in [7, 11) is 0. The van der Waals surface area contributed by atoms with Crippen molar-refractivity contribution < 1.29 is 74.2 Å². The molecular formula is C72H97Br3F6N8O10. The number of aliphatic hydroxyl groups is 1. The summed E-state index contributed by atoms with van der Waals surface area (Å²) in [4.78, 5) is 40.9. The monoisotopic (exact) mass is 1580 g/mol. The number of imidazole rings is 2. The van der Waals surface area contributed by atoms with Gasteiger partial charge in [-0.2, -0.15) is 26.3 Å². The van der Waals surface area contributed by atoms with Crippen molar-refractivity contribution in [3.8, 4) is 0 Å². The minimum absolute atomic E-state index is 0.0629. The standard InChI is InChI=1S/C36H48BrF3N4O5.C28H33F3N4O2.C8H16Br2O3/c37-13-16-46-17-18-47-19-20-48-21-22-49-26-27-7-10-31(11-8-27)44-33-12-9-28(25-43-14-2-1-3-15-43)23-32(33)41-35(44)42-34(45)29-5-4-6-30(24-29)36(38,39)40;29-28(30,31)22-6-4-5-21(16-22)26(37)33-27-32-24-15-20(17-34-13-2-1-3-14-34)9-12-25(24)35(27)23-10-7-19(18-36)8-11-23;9-1-3-11-5-7-13-8-6-12-4-2-10/h4-6,9,12,23-24,27,31H,1-3,7-8,10-11,13-22,25-26H2,(H,41,42,45);4-6,9,12,15-16,19,23,36H,1-3,7-8,10-11,13-14,17-18H2,(H,32,33,37);1-8H2. The number of nitrogens with zero attached hydrogens (tertiary/aromatic N) is 6. The van der Waals surface area contributed by atoms with E-state index in [0.29, 0.717) is 97.1 Å². The second kappa shape index (κ2) is 42.8. The van der Waals surface area contributed by atoms with E-state index >= 15 is 0 Å². The summed E-state index contributed by atoms with van der Waals surface area (Å²) >= 11 is 9.85. The zero-order chi connectivity index (χ0) is 70.2. The second-order valence-electron chi connectivity index (χ2n) is 25.3. The van der Waals surface area contributed by atoms with E-state index in [-0.39, 0.29) is 35.7 Å². The summed E-state index contributed by atoms with van der Waals surface area (Å²) in [5.74, 6) is 0.143. The number of alkyl halides is 9. The Morgan fingerprint density at radius 3 is 1.16 bits per heavy atom. The Hall–Kier alpha value is -4.62. The van der Waals surface area contributed by atoms with Gasteiger partial charge in [0, 0.05) is 65.5 Å². The van der Waals surface area contributed by atoms with Gasteiger partial charge in [-0.1, -0.05) is 84.9 Å². The Bertz CT molecular complexity index is 3330. The number of fused-ring (bicyclic) bond motifs is 2. The number of aliphatic hydroxyl groups excluding tert-OH is 1. The minimum atomic E-state index is -4.54. The quantitative estimate of drug-likeness (QED) is 0.0197. The molecule has 0 spiro atoms. The predicted molar refractivity (Wildman–Crippen MR) is 383 cm³/mol. The fraction of sp³-hybridized carbons (Fsp3) is 0.611. The van der Waals surface area contributed by atoms with Crippen LogP contribution in [-0.4, -0.2) is 187 Å². The first-order valence-electron chi connectivity index (χ1n) is 34.8. The van der Waals surface area contributed by atoms with Crippen molar-refractivity contribution in [3.05, 3.63) is 118 Å². The molecule has 3 N–H and O–H groups in total. The number of carbonyl (C=O) groups excluding carboxylic acids is 2. The number of ether oxygens (including phenoxy) is 7. The van der Waals surface area contributed by atoms with Crippen LogP contribution in [0.1, 0.15) is 145 Å². The fourth-order valence-corrected chi connectivity index (χ4v) is 13.6. The van der Waals surface area contributed by atoms with E-state index < -0.39 is 35.3 Å². The smallest absolute Gasteiger partial charge is 0.396 e. The number of aromatic nitrogens is 4. The second-order valence-corrected chi connectivity index (χ2v) is 27.7. The molecule has 4 fully saturated rings. The van der Waals surface area contributed by atoms with Gasteiger partial charge in [-0.15, -0.1) is 0 Å². The summed E-state index contributed by atoms with van der Waals surface area (Å²) < 4.78 is 122. The molecule has 0 unspecified atom stereocenters. The first-order valence-corrected chi connectivity index (χ1v) is 38.2. The van der Waals surface area contributed by atoms with Crippen LogP contribution in [0.3, 0.4) is 0 Å². The molecule has 6 aromatic rings. The summed E-state index contributed by atoms with van der Waals surface area (Å²) in [6.45, 7) is 14.8. The van der Waals surface area contributed by atoms with Crippen LogP contribution < -0.4 is 10.6 Å². The van der Waals surface area contributed by atoms with Crippen LogP contribution >= 0.6 is 47.8 Å². The van der Waals surface area contributed by atoms with Crippen molar-refractivity contribution in [2.75, 3.05) is 152 Å². The first-order chi connectivity index (χ1) is 48.0. The van der Waals surface area contributed by atoms with Crippen molar-refractivity contribution in [2.45, 2.75) is 127 Å². The van der Waals surface area contributed by atoms with Gasteiger partial charge < -0.3 is 47.4 Å². The molecule has 27 heteroatoms. The van der Waals surface area contributed by atoms with Crippen molar-refractivity contribution in [1.82, 2.24) is 28.9 Å². The van der Waals surface area contributed by atoms with Crippen LogP contribution in [0.5, 0.6) is 0 Å². The van der Waals surface area contributed by atoms with E-state index in [9.17, 15) is 41.0 Å². The summed E-state index contributed by atoms with van der Waals surface area (Å²) in [5.41, 5.74) is 3.80. The third-order valence-electron chi connectivity index (χ3n) is 18.1. The lowest BCUT2D eigenvalue weighted by Gasteiger charge is -2.30. The molecule has 4 aromatic carbocycles. The van der Waals surface area contributed by atoms with Gasteiger partial charge in [-0.3, -0.25) is 30.0 Å². The average Bonchev–Trinajstić information content (AvgIpc) is 1.64. The summed E-state index contributed by atoms with van der Waals surface area (Å²) in [6.07, 6.45) is 5.33. The van der Waals surface area contributed by atoms with Gasteiger partial charge in [0.2, 0.25) is 11.9 Å². The Morgan fingerprint density at radius 1 is 0.455 bits per heavy atom. The minimum Gasteiger partial charge on any atom is -0.396 e. The molecule has 4 heterocycles. The number of benzene rings is 4. The van der Waals surface area contributed by atoms with Gasteiger partial charge in [0.15, 0.2) is 0 Å². The Balaban J connectivity index is 0.000000219. The lowest BCUT2D eigenvalue weighted by molar-refractivity contribution is -0.138. The number of anilines is 2. The third kappa shape index (κ3) is 26.5. The van der Waals surface area contributed by atoms with E-state index in [1.165, 1.54) is 62.8 Å². The van der Waals surface area contributed by atoms with Crippen LogP contribution in [0.4, 0.5) is 38.2 Å². The number of nitrogens with one attached hydrogen (secondary N) is 2. The fourth-order valence-electron chi connectivity index (χ4n) is 12.9. The molecule has 2 aliphatic carbocycles. The molecule has 2 amide bonds. The number of hydrogen-bond acceptors (Lipinski definition) is 14. The van der Waals surface area contributed by atoms with Crippen LogP contribution in [0, 0.1) is 11.8 Å². The Kier molecular flexibility index (Phi) is 34.7. The van der Waals surface area contributed by atoms with Crippen molar-refractivity contribution in [3.63, 3.8) is 0 Å². The molecule has 2 saturated carbocycles. The van der Waals surface area contributed by atoms with E-state index in [1.54, 1.807) is 0 Å². The molecule has 0 radical (unpaired) electrons. The lowest BCUT2D eigenvalue weighted by Crippen LogP contribution is -2.29. The maximum atomic E-state index is 13.4. The van der Waals surface area contributed by atoms with Crippen molar-refractivity contribution in [1.29, 1.82) is 0 Å². The molecular weight excluding hydrogens is 1490 g/mol. The zero-order valence-corrected chi connectivity index (χ0v) is 61.2. The van der Waals surface area contributed by atoms with Gasteiger partial charge >= 0.3 is 12.4 Å². The Labute approximate surface area is 602 Å². The third-order valence-corrected chi connectivity index (χ3v) is 19.0. The van der Waals surface area contributed by atoms with Crippen LogP contribution in [0.15, 0.2) is 84.9 Å².